The van der Waals surface area contributed by atoms with Crippen LogP contribution in [0.5, 0.6) is 0 Å². The summed E-state index contributed by atoms with van der Waals surface area (Å²) >= 11 is 42.7. The largest absolute Gasteiger partial charge is 0.324 e. The van der Waals surface area contributed by atoms with Gasteiger partial charge in [-0.3, -0.25) is 9.59 Å². The van der Waals surface area contributed by atoms with Gasteiger partial charge in [0.05, 0.1) is 63.6 Å². The Morgan fingerprint density at radius 2 is 1.02 bits per heavy atom. The Bertz CT molecular complexity index is 2820. The molecule has 0 bridgehead atoms. The number of nitrogens with zero attached hydrogens (tertiary/aromatic N) is 2. The van der Waals surface area contributed by atoms with Crippen molar-refractivity contribution in [2.75, 3.05) is 21.3 Å². The van der Waals surface area contributed by atoms with E-state index >= 15 is 0 Å². The number of hydrogen-bond donors (Lipinski definition) is 6. The van der Waals surface area contributed by atoms with Crippen LogP contribution in [0.2, 0.25) is 35.2 Å². The molecule has 0 aliphatic carbocycles. The summed E-state index contributed by atoms with van der Waals surface area (Å²) in [6, 6.07) is 31.0. The van der Waals surface area contributed by atoms with Crippen molar-refractivity contribution in [2.24, 2.45) is 0 Å². The molecule has 0 saturated carbocycles. The summed E-state index contributed by atoms with van der Waals surface area (Å²) in [6.07, 6.45) is 0. The van der Waals surface area contributed by atoms with E-state index < -0.39 is 0 Å². The predicted octanol–water partition coefficient (Wildman–Crippen LogP) is 14.0. The molecule has 8 rings (SSSR count). The van der Waals surface area contributed by atoms with Crippen molar-refractivity contribution in [2.45, 2.75) is 6.92 Å². The van der Waals surface area contributed by atoms with Crippen LogP contribution in [0.1, 0.15) is 26.3 Å². The van der Waals surface area contributed by atoms with Crippen LogP contribution in [-0.4, -0.2) is 31.8 Å². The summed E-state index contributed by atoms with van der Waals surface area (Å²) in [4.78, 5) is 40.4. The number of fused-ring (bicyclic) bond motifs is 2. The maximum absolute atomic E-state index is 12.7. The van der Waals surface area contributed by atoms with E-state index in [9.17, 15) is 9.59 Å². The SMILES string of the molecule is Cc1ccc(Cl)cc1NC(=O)c1ccc2nc(Nc3c(Cl)cccc3Cl)[nH]c2c1.O=C(Nc1ccc(Cl)c(Cl)c1)c1ccc2nc(Nc3c(Cl)cccc3Cl)[nH]c2c1. The van der Waals surface area contributed by atoms with Crippen molar-refractivity contribution < 1.29 is 9.59 Å². The summed E-state index contributed by atoms with van der Waals surface area (Å²) < 4.78 is 0. The molecule has 10 nitrogen and oxygen atoms in total. The number of halogens is 7. The lowest BCUT2D eigenvalue weighted by Gasteiger charge is -2.09. The molecule has 6 N–H and O–H groups in total. The van der Waals surface area contributed by atoms with Crippen molar-refractivity contribution in [1.29, 1.82) is 0 Å². The number of imidazole rings is 2. The number of para-hydroxylation sites is 2. The van der Waals surface area contributed by atoms with E-state index in [0.29, 0.717) is 103 Å². The summed E-state index contributed by atoms with van der Waals surface area (Å²) in [5.41, 5.74) is 6.95. The summed E-state index contributed by atoms with van der Waals surface area (Å²) in [5.74, 6) is 0.398. The highest BCUT2D eigenvalue weighted by molar-refractivity contribution is 6.42. The maximum Gasteiger partial charge on any atom is 0.255 e. The van der Waals surface area contributed by atoms with Gasteiger partial charge in [0.1, 0.15) is 0 Å². The molecule has 58 heavy (non-hydrogen) atoms. The Morgan fingerprint density at radius 1 is 0.517 bits per heavy atom. The smallest absolute Gasteiger partial charge is 0.255 e. The van der Waals surface area contributed by atoms with Gasteiger partial charge in [-0.2, -0.15) is 0 Å². The normalized spacial score (nSPS) is 10.9. The Balaban J connectivity index is 0.000000177. The Labute approximate surface area is 366 Å². The summed E-state index contributed by atoms with van der Waals surface area (Å²) in [5, 5.41) is 15.1. The average molecular weight is 912 g/mol. The predicted molar refractivity (Wildman–Crippen MR) is 240 cm³/mol. The molecule has 0 radical (unpaired) electrons. The highest BCUT2D eigenvalue weighted by Crippen LogP contribution is 2.34. The molecule has 0 atom stereocenters. The zero-order chi connectivity index (χ0) is 41.1. The molecule has 292 valence electrons. The Kier molecular flexibility index (Phi) is 12.6. The molecule has 17 heteroatoms. The molecular weight excluding hydrogens is 885 g/mol. The van der Waals surface area contributed by atoms with E-state index in [4.69, 9.17) is 81.2 Å². The van der Waals surface area contributed by atoms with Crippen LogP contribution in [-0.2, 0) is 0 Å². The zero-order valence-corrected chi connectivity index (χ0v) is 35.0. The number of aromatic nitrogens is 4. The number of H-pyrrole nitrogens is 2. The summed E-state index contributed by atoms with van der Waals surface area (Å²) in [6.45, 7) is 1.90. The van der Waals surface area contributed by atoms with Crippen LogP contribution in [0.25, 0.3) is 22.1 Å². The van der Waals surface area contributed by atoms with Crippen molar-refractivity contribution >= 4 is 150 Å². The first kappa shape index (κ1) is 41.0. The lowest BCUT2D eigenvalue weighted by molar-refractivity contribution is 0.101. The number of aromatic amines is 2. The minimum absolute atomic E-state index is 0.240. The third kappa shape index (κ3) is 9.57. The fourth-order valence-electron chi connectivity index (χ4n) is 5.59. The first-order valence-corrected chi connectivity index (χ1v) is 19.7. The van der Waals surface area contributed by atoms with Crippen LogP contribution in [0, 0.1) is 6.92 Å². The minimum Gasteiger partial charge on any atom is -0.324 e. The van der Waals surface area contributed by atoms with Crippen LogP contribution >= 0.6 is 81.2 Å². The monoisotopic (exact) mass is 908 g/mol. The topological polar surface area (TPSA) is 140 Å². The molecule has 8 aromatic rings. The fourth-order valence-corrected chi connectivity index (χ4v) is 7.05. The molecule has 0 spiro atoms. The van der Waals surface area contributed by atoms with Gasteiger partial charge < -0.3 is 31.2 Å². The van der Waals surface area contributed by atoms with Crippen molar-refractivity contribution in [3.8, 4) is 0 Å². The van der Waals surface area contributed by atoms with Gasteiger partial charge in [-0.15, -0.1) is 0 Å². The average Bonchev–Trinajstić information content (AvgIpc) is 3.80. The zero-order valence-electron chi connectivity index (χ0n) is 29.7. The minimum atomic E-state index is -0.288. The number of carbonyl (C=O) groups excluding carboxylic acids is 2. The number of carbonyl (C=O) groups is 2. The molecule has 0 unspecified atom stereocenters. The molecule has 6 aromatic carbocycles. The Morgan fingerprint density at radius 3 is 1.52 bits per heavy atom. The molecule has 2 aromatic heterocycles. The van der Waals surface area contributed by atoms with E-state index in [2.05, 4.69) is 41.2 Å². The summed E-state index contributed by atoms with van der Waals surface area (Å²) in [7, 11) is 0. The first-order chi connectivity index (χ1) is 27.8. The highest BCUT2D eigenvalue weighted by Gasteiger charge is 2.15. The molecule has 2 heterocycles. The molecule has 0 fully saturated rings. The van der Waals surface area contributed by atoms with Crippen molar-refractivity contribution in [3.05, 3.63) is 161 Å². The molecular formula is C41H27Cl7N8O2. The van der Waals surface area contributed by atoms with Crippen LogP contribution < -0.4 is 21.3 Å². The van der Waals surface area contributed by atoms with Gasteiger partial charge in [0.15, 0.2) is 0 Å². The van der Waals surface area contributed by atoms with Crippen LogP contribution in [0.3, 0.4) is 0 Å². The first-order valence-electron chi connectivity index (χ1n) is 17.1. The van der Waals surface area contributed by atoms with Gasteiger partial charge in [0.25, 0.3) is 11.8 Å². The second kappa shape index (κ2) is 17.8. The fraction of sp³-hybridized carbons (Fsp3) is 0.0244. The molecule has 0 saturated heterocycles. The Hall–Kier alpha value is -5.17. The lowest BCUT2D eigenvalue weighted by Crippen LogP contribution is -2.12. The number of benzene rings is 6. The third-order valence-electron chi connectivity index (χ3n) is 8.53. The van der Waals surface area contributed by atoms with E-state index in [-0.39, 0.29) is 11.8 Å². The molecule has 0 aliphatic heterocycles. The van der Waals surface area contributed by atoms with E-state index in [0.717, 1.165) is 5.56 Å². The van der Waals surface area contributed by atoms with Gasteiger partial charge in [0, 0.05) is 27.5 Å². The van der Waals surface area contributed by atoms with Crippen LogP contribution in [0.15, 0.2) is 109 Å². The van der Waals surface area contributed by atoms with Crippen LogP contribution in [0.4, 0.5) is 34.6 Å². The molecule has 0 aliphatic rings. The number of anilines is 6. The second-order valence-corrected chi connectivity index (χ2v) is 15.5. The van der Waals surface area contributed by atoms with Crippen molar-refractivity contribution in [1.82, 2.24) is 19.9 Å². The van der Waals surface area contributed by atoms with Gasteiger partial charge in [-0.1, -0.05) is 99.4 Å². The quantitative estimate of drug-likeness (QED) is 0.0897. The molecule has 2 amide bonds. The maximum atomic E-state index is 12.7. The number of hydrogen-bond acceptors (Lipinski definition) is 6. The third-order valence-corrected chi connectivity index (χ3v) is 10.8. The van der Waals surface area contributed by atoms with Gasteiger partial charge >= 0.3 is 0 Å². The highest BCUT2D eigenvalue weighted by atomic mass is 35.5. The number of nitrogens with one attached hydrogen (secondary N) is 6. The second-order valence-electron chi connectivity index (χ2n) is 12.6. The van der Waals surface area contributed by atoms with E-state index in [1.807, 2.05) is 13.0 Å². The number of amides is 2. The number of aryl methyl sites for hydroxylation is 1. The number of rotatable bonds is 8. The van der Waals surface area contributed by atoms with Crippen molar-refractivity contribution in [3.63, 3.8) is 0 Å². The van der Waals surface area contributed by atoms with Gasteiger partial charge in [-0.05, 0) is 103 Å². The lowest BCUT2D eigenvalue weighted by atomic mass is 10.1. The van der Waals surface area contributed by atoms with Gasteiger partial charge in [-0.25, -0.2) is 9.97 Å². The van der Waals surface area contributed by atoms with E-state index in [1.54, 1.807) is 103 Å². The standard InChI is InChI=1S/C21H15Cl3N4O.C20H12Cl4N4O/c1-11-5-7-13(22)10-17(11)25-20(29)12-6-8-16-18(9-12)27-21(26-16)28-19-14(23)3-2-4-15(19)24;21-12-6-5-11(9-15(12)24)25-19(29)10-4-7-16-17(8-10)27-20(26-16)28-18-13(22)2-1-3-14(18)23/h2-10H,1H3,(H,25,29)(H2,26,27,28);1-9H,(H,25,29)(H2,26,27,28). The van der Waals surface area contributed by atoms with E-state index in [1.165, 1.54) is 0 Å². The van der Waals surface area contributed by atoms with Gasteiger partial charge in [0.2, 0.25) is 11.9 Å².